The summed E-state index contributed by atoms with van der Waals surface area (Å²) in [5, 5.41) is 3.09. The molecule has 0 bridgehead atoms. The molecule has 2 aromatic rings. The number of urea groups is 1. The molecule has 3 amide bonds. The van der Waals surface area contributed by atoms with Crippen LogP contribution in [-0.4, -0.2) is 77.0 Å². The molecule has 1 atom stereocenters. The lowest BCUT2D eigenvalue weighted by atomic mass is 10.2. The predicted molar refractivity (Wildman–Crippen MR) is 110 cm³/mol. The van der Waals surface area contributed by atoms with Crippen LogP contribution >= 0.6 is 0 Å². The summed E-state index contributed by atoms with van der Waals surface area (Å²) in [6.07, 6.45) is 4.17. The summed E-state index contributed by atoms with van der Waals surface area (Å²) in [6.45, 7) is 5.92. The molecule has 0 spiro atoms. The van der Waals surface area contributed by atoms with E-state index in [1.807, 2.05) is 36.1 Å². The van der Waals surface area contributed by atoms with Gasteiger partial charge < -0.3 is 20.0 Å². The van der Waals surface area contributed by atoms with Crippen LogP contribution in [0.5, 0.6) is 0 Å². The zero-order valence-corrected chi connectivity index (χ0v) is 16.6. The molecule has 2 aliphatic heterocycles. The Morgan fingerprint density at radius 1 is 1.00 bits per heavy atom. The number of nitrogens with zero attached hydrogens (tertiary/aromatic N) is 5. The van der Waals surface area contributed by atoms with Gasteiger partial charge in [0.25, 0.3) is 5.91 Å². The molecule has 0 aliphatic carbocycles. The normalized spacial score (nSPS) is 19.3. The maximum Gasteiger partial charge on any atom is 0.317 e. The largest absolute Gasteiger partial charge is 0.353 e. The third kappa shape index (κ3) is 4.47. The molecule has 29 heavy (non-hydrogen) atoms. The molecule has 2 saturated heterocycles. The van der Waals surface area contributed by atoms with Gasteiger partial charge in [0.05, 0.1) is 5.56 Å². The minimum atomic E-state index is -0.0537. The number of nitrogens with one attached hydrogen (secondary N) is 1. The quantitative estimate of drug-likeness (QED) is 0.854. The number of rotatable bonds is 3. The van der Waals surface area contributed by atoms with Gasteiger partial charge >= 0.3 is 6.03 Å². The molecule has 152 valence electrons. The van der Waals surface area contributed by atoms with Crippen LogP contribution in [0.1, 0.15) is 22.5 Å². The van der Waals surface area contributed by atoms with Crippen LogP contribution in [0.25, 0.3) is 0 Å². The van der Waals surface area contributed by atoms with Crippen LogP contribution in [0.4, 0.5) is 10.6 Å². The van der Waals surface area contributed by atoms with E-state index in [-0.39, 0.29) is 18.0 Å². The molecule has 1 unspecified atom stereocenters. The Morgan fingerprint density at radius 3 is 2.52 bits per heavy atom. The summed E-state index contributed by atoms with van der Waals surface area (Å²) in [7, 11) is 0. The van der Waals surface area contributed by atoms with E-state index >= 15 is 0 Å². The van der Waals surface area contributed by atoms with Crippen LogP contribution in [-0.2, 0) is 0 Å². The Morgan fingerprint density at radius 2 is 1.83 bits per heavy atom. The summed E-state index contributed by atoms with van der Waals surface area (Å²) < 4.78 is 0. The second-order valence-corrected chi connectivity index (χ2v) is 7.54. The highest BCUT2D eigenvalue weighted by molar-refractivity contribution is 5.94. The van der Waals surface area contributed by atoms with Crippen molar-refractivity contribution in [2.75, 3.05) is 44.2 Å². The van der Waals surface area contributed by atoms with E-state index in [0.29, 0.717) is 31.7 Å². The first kappa shape index (κ1) is 19.2. The van der Waals surface area contributed by atoms with E-state index in [2.05, 4.69) is 20.2 Å². The van der Waals surface area contributed by atoms with Crippen molar-refractivity contribution in [1.29, 1.82) is 0 Å². The SMILES string of the molecule is Cc1ccc(C(=O)N2CCC(NC(=O)N3CCN(c4ccccn4)CC3)C2)cn1. The number of amides is 3. The third-order valence-corrected chi connectivity index (χ3v) is 5.50. The number of hydrogen-bond acceptors (Lipinski definition) is 5. The van der Waals surface area contributed by atoms with Crippen molar-refractivity contribution < 1.29 is 9.59 Å². The predicted octanol–water partition coefficient (Wildman–Crippen LogP) is 1.53. The smallest absolute Gasteiger partial charge is 0.317 e. The monoisotopic (exact) mass is 394 g/mol. The van der Waals surface area contributed by atoms with Gasteiger partial charge in [-0.1, -0.05) is 6.07 Å². The van der Waals surface area contributed by atoms with Crippen molar-refractivity contribution in [2.45, 2.75) is 19.4 Å². The first-order valence-corrected chi connectivity index (χ1v) is 10.0. The van der Waals surface area contributed by atoms with Gasteiger partial charge in [-0.15, -0.1) is 0 Å². The first-order chi connectivity index (χ1) is 14.1. The molecular formula is C21H26N6O2. The maximum absolute atomic E-state index is 12.6. The van der Waals surface area contributed by atoms with Crippen molar-refractivity contribution in [2.24, 2.45) is 0 Å². The number of hydrogen-bond donors (Lipinski definition) is 1. The zero-order chi connectivity index (χ0) is 20.2. The maximum atomic E-state index is 12.6. The van der Waals surface area contributed by atoms with Gasteiger partial charge in [-0.25, -0.2) is 9.78 Å². The second-order valence-electron chi connectivity index (χ2n) is 7.54. The van der Waals surface area contributed by atoms with Crippen molar-refractivity contribution in [3.8, 4) is 0 Å². The van der Waals surface area contributed by atoms with Gasteiger partial charge in [0.1, 0.15) is 5.82 Å². The summed E-state index contributed by atoms with van der Waals surface area (Å²) in [5.74, 6) is 0.918. The molecular weight excluding hydrogens is 368 g/mol. The van der Waals surface area contributed by atoms with Crippen LogP contribution in [0, 0.1) is 6.92 Å². The lowest BCUT2D eigenvalue weighted by molar-refractivity contribution is 0.0788. The van der Waals surface area contributed by atoms with E-state index in [9.17, 15) is 9.59 Å². The van der Waals surface area contributed by atoms with Gasteiger partial charge in [-0.2, -0.15) is 0 Å². The van der Waals surface area contributed by atoms with E-state index in [4.69, 9.17) is 0 Å². The summed E-state index contributed by atoms with van der Waals surface area (Å²) in [6, 6.07) is 9.44. The average Bonchev–Trinajstić information content (AvgIpc) is 3.23. The summed E-state index contributed by atoms with van der Waals surface area (Å²) in [4.78, 5) is 39.7. The molecule has 4 rings (SSSR count). The van der Waals surface area contributed by atoms with Crippen molar-refractivity contribution >= 4 is 17.8 Å². The number of likely N-dealkylation sites (tertiary alicyclic amines) is 1. The number of carbonyl (C=O) groups excluding carboxylic acids is 2. The Bertz CT molecular complexity index is 849. The Balaban J connectivity index is 1.25. The Hall–Kier alpha value is -3.16. The van der Waals surface area contributed by atoms with Gasteiger partial charge in [-0.3, -0.25) is 9.78 Å². The summed E-state index contributed by atoms with van der Waals surface area (Å²) >= 11 is 0. The zero-order valence-electron chi connectivity index (χ0n) is 16.6. The van der Waals surface area contributed by atoms with Gasteiger partial charge in [0, 0.05) is 63.4 Å². The number of pyridine rings is 2. The molecule has 8 nitrogen and oxygen atoms in total. The number of anilines is 1. The highest BCUT2D eigenvalue weighted by Crippen LogP contribution is 2.15. The van der Waals surface area contributed by atoms with E-state index in [1.165, 1.54) is 0 Å². The molecule has 2 aromatic heterocycles. The highest BCUT2D eigenvalue weighted by atomic mass is 16.2. The molecule has 2 fully saturated rings. The van der Waals surface area contributed by atoms with Crippen LogP contribution < -0.4 is 10.2 Å². The lowest BCUT2D eigenvalue weighted by Gasteiger charge is -2.35. The molecule has 0 saturated carbocycles. The average molecular weight is 394 g/mol. The molecule has 2 aliphatic rings. The Labute approximate surface area is 170 Å². The first-order valence-electron chi connectivity index (χ1n) is 10.0. The van der Waals surface area contributed by atoms with Crippen molar-refractivity contribution in [3.63, 3.8) is 0 Å². The number of aromatic nitrogens is 2. The standard InChI is InChI=1S/C21H26N6O2/c1-16-5-6-17(14-23-16)20(28)27-9-7-18(15-27)24-21(29)26-12-10-25(11-13-26)19-4-2-3-8-22-19/h2-6,8,14,18H,7,9-13,15H2,1H3,(H,24,29). The number of piperazine rings is 1. The topological polar surface area (TPSA) is 81.7 Å². The van der Waals surface area contributed by atoms with E-state index in [1.54, 1.807) is 23.4 Å². The van der Waals surface area contributed by atoms with E-state index in [0.717, 1.165) is 31.0 Å². The second kappa shape index (κ2) is 8.46. The van der Waals surface area contributed by atoms with Crippen molar-refractivity contribution in [3.05, 3.63) is 54.0 Å². The van der Waals surface area contributed by atoms with Gasteiger partial charge in [0.2, 0.25) is 0 Å². The van der Waals surface area contributed by atoms with Crippen LogP contribution in [0.2, 0.25) is 0 Å². The minimum absolute atomic E-state index is 0.0151. The molecule has 8 heteroatoms. The van der Waals surface area contributed by atoms with Gasteiger partial charge in [0.15, 0.2) is 0 Å². The molecule has 1 N–H and O–H groups in total. The number of aryl methyl sites for hydroxylation is 1. The van der Waals surface area contributed by atoms with Crippen LogP contribution in [0.3, 0.4) is 0 Å². The highest BCUT2D eigenvalue weighted by Gasteiger charge is 2.30. The van der Waals surface area contributed by atoms with Crippen molar-refractivity contribution in [1.82, 2.24) is 25.1 Å². The minimum Gasteiger partial charge on any atom is -0.353 e. The Kier molecular flexibility index (Phi) is 5.59. The number of carbonyl (C=O) groups is 2. The van der Waals surface area contributed by atoms with E-state index < -0.39 is 0 Å². The fraction of sp³-hybridized carbons (Fsp3) is 0.429. The van der Waals surface area contributed by atoms with Gasteiger partial charge in [-0.05, 0) is 37.6 Å². The summed E-state index contributed by atoms with van der Waals surface area (Å²) in [5.41, 5.74) is 1.48. The molecule has 0 aromatic carbocycles. The third-order valence-electron chi connectivity index (χ3n) is 5.50. The molecule has 0 radical (unpaired) electrons. The fourth-order valence-electron chi connectivity index (χ4n) is 3.78. The lowest BCUT2D eigenvalue weighted by Crippen LogP contribution is -2.54. The fourth-order valence-corrected chi connectivity index (χ4v) is 3.78. The molecule has 4 heterocycles. The van der Waals surface area contributed by atoms with Crippen LogP contribution in [0.15, 0.2) is 42.7 Å².